The first-order valence-electron chi connectivity index (χ1n) is 7.81. The first-order chi connectivity index (χ1) is 11.3. The van der Waals surface area contributed by atoms with E-state index in [0.29, 0.717) is 11.1 Å². The Hall–Kier alpha value is -2.82. The quantitative estimate of drug-likeness (QED) is 0.764. The first-order valence-corrected chi connectivity index (χ1v) is 7.81. The second-order valence-corrected chi connectivity index (χ2v) is 5.78. The van der Waals surface area contributed by atoms with Gasteiger partial charge in [0.1, 0.15) is 11.6 Å². The molecule has 0 bridgehead atoms. The van der Waals surface area contributed by atoms with Crippen LogP contribution in [-0.4, -0.2) is 19.6 Å². The molecule has 116 valence electrons. The summed E-state index contributed by atoms with van der Waals surface area (Å²) in [5.41, 5.74) is 3.05. The van der Waals surface area contributed by atoms with E-state index in [1.165, 1.54) is 6.07 Å². The fourth-order valence-corrected chi connectivity index (χ4v) is 3.23. The van der Waals surface area contributed by atoms with Crippen LogP contribution in [0, 0.1) is 0 Å². The van der Waals surface area contributed by atoms with Crippen molar-refractivity contribution in [2.24, 2.45) is 0 Å². The number of nitrogens with zero attached hydrogens (tertiary/aromatic N) is 2. The first kappa shape index (κ1) is 13.8. The molecule has 4 rings (SSSR count). The smallest absolute Gasteiger partial charge is 0.190 e. The highest BCUT2D eigenvalue weighted by atomic mass is 16.3. The summed E-state index contributed by atoms with van der Waals surface area (Å²) in [5, 5.41) is 10.2. The lowest BCUT2D eigenvalue weighted by Gasteiger charge is -2.17. The summed E-state index contributed by atoms with van der Waals surface area (Å²) in [4.78, 5) is 19.9. The zero-order chi connectivity index (χ0) is 15.8. The van der Waals surface area contributed by atoms with Gasteiger partial charge in [-0.25, -0.2) is 4.98 Å². The fourth-order valence-electron chi connectivity index (χ4n) is 3.23. The number of phenols is 1. The molecule has 0 aliphatic carbocycles. The van der Waals surface area contributed by atoms with Crippen molar-refractivity contribution in [3.8, 4) is 28.4 Å². The highest BCUT2D eigenvalue weighted by molar-refractivity contribution is 5.71. The molecule has 0 unspecified atom stereocenters. The highest BCUT2D eigenvalue weighted by Gasteiger charge is 2.24. The Kier molecular flexibility index (Phi) is 3.26. The molecule has 3 aromatic rings. The average molecular weight is 307 g/mol. The van der Waals surface area contributed by atoms with Crippen LogP contribution < -0.4 is 5.43 Å². The molecule has 0 radical (unpaired) electrons. The predicted molar refractivity (Wildman–Crippen MR) is 88.3 cm³/mol. The number of phenolic OH excluding ortho intramolecular Hbond substituents is 1. The minimum absolute atomic E-state index is 0.0425. The number of benzene rings is 1. The monoisotopic (exact) mass is 307 g/mol. The van der Waals surface area contributed by atoms with E-state index in [9.17, 15) is 9.90 Å². The van der Waals surface area contributed by atoms with Crippen molar-refractivity contribution in [3.05, 3.63) is 58.6 Å². The van der Waals surface area contributed by atoms with Crippen molar-refractivity contribution in [2.45, 2.75) is 25.8 Å². The Morgan fingerprint density at radius 1 is 1.13 bits per heavy atom. The summed E-state index contributed by atoms with van der Waals surface area (Å²) < 4.78 is 2.14. The number of fused-ring (bicyclic) bond motifs is 1. The van der Waals surface area contributed by atoms with E-state index in [0.717, 1.165) is 43.0 Å². The number of aromatic amines is 1. The number of imidazole rings is 1. The van der Waals surface area contributed by atoms with Gasteiger partial charge in [-0.3, -0.25) is 4.79 Å². The van der Waals surface area contributed by atoms with Gasteiger partial charge in [-0.05, 0) is 31.4 Å². The van der Waals surface area contributed by atoms with Crippen LogP contribution in [0.3, 0.4) is 0 Å². The molecule has 1 aromatic carbocycles. The molecule has 0 atom stereocenters. The van der Waals surface area contributed by atoms with Crippen LogP contribution in [-0.2, 0) is 13.0 Å². The maximum Gasteiger partial charge on any atom is 0.190 e. The van der Waals surface area contributed by atoms with Crippen LogP contribution in [0.15, 0.2) is 47.5 Å². The van der Waals surface area contributed by atoms with Crippen molar-refractivity contribution in [1.29, 1.82) is 0 Å². The molecule has 0 saturated carbocycles. The number of hydrogen-bond acceptors (Lipinski definition) is 3. The molecular weight excluding hydrogens is 290 g/mol. The molecule has 0 saturated heterocycles. The lowest BCUT2D eigenvalue weighted by molar-refractivity contribution is 0.475. The van der Waals surface area contributed by atoms with Crippen LogP contribution in [0.4, 0.5) is 0 Å². The van der Waals surface area contributed by atoms with E-state index >= 15 is 0 Å². The molecule has 5 nitrogen and oxygen atoms in total. The highest BCUT2D eigenvalue weighted by Crippen LogP contribution is 2.35. The summed E-state index contributed by atoms with van der Waals surface area (Å²) in [5.74, 6) is 0.940. The van der Waals surface area contributed by atoms with Crippen LogP contribution in [0.2, 0.25) is 0 Å². The number of aromatic nitrogens is 3. The Labute approximate surface area is 133 Å². The average Bonchev–Trinajstić information content (AvgIpc) is 2.95. The SMILES string of the molecule is O=c1cc[nH]cc1-c1nc(-c2ccccc2O)n2c1CCCC2. The van der Waals surface area contributed by atoms with Crippen molar-refractivity contribution >= 4 is 0 Å². The van der Waals surface area contributed by atoms with Crippen molar-refractivity contribution in [2.75, 3.05) is 0 Å². The molecule has 23 heavy (non-hydrogen) atoms. The standard InChI is InChI=1S/C18H17N3O2/c22-15-7-2-1-5-12(15)18-20-17(13-11-19-9-8-16(13)23)14-6-3-4-10-21(14)18/h1-2,5,7-9,11,22H,3-4,6,10H2,(H,19,23). The summed E-state index contributed by atoms with van der Waals surface area (Å²) in [6.45, 7) is 0.858. The molecule has 3 heterocycles. The number of rotatable bonds is 2. The maximum absolute atomic E-state index is 12.2. The van der Waals surface area contributed by atoms with Gasteiger partial charge in [0.25, 0.3) is 0 Å². The molecule has 2 N–H and O–H groups in total. The normalized spacial score (nSPS) is 13.7. The maximum atomic E-state index is 12.2. The van der Waals surface area contributed by atoms with Gasteiger partial charge in [0.15, 0.2) is 5.43 Å². The van der Waals surface area contributed by atoms with Gasteiger partial charge in [-0.15, -0.1) is 0 Å². The minimum Gasteiger partial charge on any atom is -0.507 e. The summed E-state index contributed by atoms with van der Waals surface area (Å²) >= 11 is 0. The molecule has 1 aliphatic rings. The fraction of sp³-hybridized carbons (Fsp3) is 0.222. The molecule has 0 fully saturated rings. The number of H-pyrrole nitrogens is 1. The lowest BCUT2D eigenvalue weighted by atomic mass is 10.0. The number of pyridine rings is 1. The van der Waals surface area contributed by atoms with Crippen LogP contribution in [0.5, 0.6) is 5.75 Å². The van der Waals surface area contributed by atoms with E-state index in [4.69, 9.17) is 4.98 Å². The Balaban J connectivity index is 1.98. The molecule has 0 amide bonds. The third kappa shape index (κ3) is 2.25. The summed E-state index contributed by atoms with van der Waals surface area (Å²) in [6, 6.07) is 8.72. The topological polar surface area (TPSA) is 70.9 Å². The second kappa shape index (κ2) is 5.43. The molecular formula is C18H17N3O2. The van der Waals surface area contributed by atoms with E-state index < -0.39 is 0 Å². The van der Waals surface area contributed by atoms with E-state index in [-0.39, 0.29) is 11.2 Å². The lowest BCUT2D eigenvalue weighted by Crippen LogP contribution is -2.12. The molecule has 1 aliphatic heterocycles. The number of para-hydroxylation sites is 1. The van der Waals surface area contributed by atoms with Gasteiger partial charge in [-0.2, -0.15) is 0 Å². The zero-order valence-corrected chi connectivity index (χ0v) is 12.6. The van der Waals surface area contributed by atoms with Crippen LogP contribution >= 0.6 is 0 Å². The van der Waals surface area contributed by atoms with Crippen molar-refractivity contribution in [1.82, 2.24) is 14.5 Å². The Morgan fingerprint density at radius 2 is 2.00 bits per heavy atom. The zero-order valence-electron chi connectivity index (χ0n) is 12.6. The van der Waals surface area contributed by atoms with Crippen LogP contribution in [0.1, 0.15) is 18.5 Å². The molecule has 0 spiro atoms. The molecule has 5 heteroatoms. The van der Waals surface area contributed by atoms with Crippen molar-refractivity contribution < 1.29 is 5.11 Å². The largest absolute Gasteiger partial charge is 0.507 e. The van der Waals surface area contributed by atoms with E-state index in [1.54, 1.807) is 24.5 Å². The number of aromatic hydroxyl groups is 1. The van der Waals surface area contributed by atoms with Gasteiger partial charge < -0.3 is 14.7 Å². The second-order valence-electron chi connectivity index (χ2n) is 5.78. The van der Waals surface area contributed by atoms with Gasteiger partial charge in [-0.1, -0.05) is 12.1 Å². The predicted octanol–water partition coefficient (Wildman–Crippen LogP) is 2.95. The third-order valence-corrected chi connectivity index (χ3v) is 4.34. The van der Waals surface area contributed by atoms with Gasteiger partial charge >= 0.3 is 0 Å². The third-order valence-electron chi connectivity index (χ3n) is 4.34. The van der Waals surface area contributed by atoms with Crippen LogP contribution in [0.25, 0.3) is 22.6 Å². The van der Waals surface area contributed by atoms with Gasteiger partial charge in [0.05, 0.1) is 16.8 Å². The number of hydrogen-bond donors (Lipinski definition) is 2. The molecule has 2 aromatic heterocycles. The van der Waals surface area contributed by atoms with Crippen molar-refractivity contribution in [3.63, 3.8) is 0 Å². The summed E-state index contributed by atoms with van der Waals surface area (Å²) in [7, 11) is 0. The summed E-state index contributed by atoms with van der Waals surface area (Å²) in [6.07, 6.45) is 6.38. The Morgan fingerprint density at radius 3 is 2.83 bits per heavy atom. The van der Waals surface area contributed by atoms with E-state index in [1.807, 2.05) is 12.1 Å². The number of nitrogens with one attached hydrogen (secondary N) is 1. The van der Waals surface area contributed by atoms with Gasteiger partial charge in [0.2, 0.25) is 0 Å². The minimum atomic E-state index is -0.0425. The van der Waals surface area contributed by atoms with Gasteiger partial charge in [0, 0.05) is 30.7 Å². The Bertz CT molecular complexity index is 924. The van der Waals surface area contributed by atoms with E-state index in [2.05, 4.69) is 9.55 Å².